The molecule has 0 saturated heterocycles. The maximum atomic E-state index is 13.3. The molecule has 0 saturated carbocycles. The first-order valence-corrected chi connectivity index (χ1v) is 13.4. The molecule has 220 valence electrons. The average Bonchev–Trinajstić information content (AvgIpc) is 2.90. The number of nitrogens with zero attached hydrogens (tertiary/aromatic N) is 2. The van der Waals surface area contributed by atoms with Crippen molar-refractivity contribution in [2.24, 2.45) is 5.92 Å². The molecule has 2 aromatic rings. The second-order valence-corrected chi connectivity index (χ2v) is 10.9. The topological polar surface area (TPSA) is 94.1 Å². The second-order valence-electron chi connectivity index (χ2n) is 10.9. The summed E-state index contributed by atoms with van der Waals surface area (Å²) >= 11 is 0. The molecule has 8 nitrogen and oxygen atoms in total. The highest BCUT2D eigenvalue weighted by atomic mass is 19.4. The Morgan fingerprint density at radius 3 is 2.45 bits per heavy atom. The molecule has 3 N–H and O–H groups in total. The number of aliphatic hydroxyl groups is 1. The van der Waals surface area contributed by atoms with Crippen molar-refractivity contribution in [1.29, 1.82) is 0 Å². The van der Waals surface area contributed by atoms with Gasteiger partial charge in [-0.2, -0.15) is 13.2 Å². The van der Waals surface area contributed by atoms with Gasteiger partial charge in [0.1, 0.15) is 11.9 Å². The van der Waals surface area contributed by atoms with E-state index in [1.807, 2.05) is 32.7 Å². The Bertz CT molecular complexity index is 1160. The number of nitrogens with one attached hydrogen (secondary N) is 2. The largest absolute Gasteiger partial charge is 0.488 e. The smallest absolute Gasteiger partial charge is 0.416 e. The summed E-state index contributed by atoms with van der Waals surface area (Å²) in [4.78, 5) is 29.2. The number of carbonyl (C=O) groups is 2. The molecule has 2 aromatic carbocycles. The highest BCUT2D eigenvalue weighted by Gasteiger charge is 2.32. The van der Waals surface area contributed by atoms with E-state index in [0.717, 1.165) is 17.7 Å². The number of alkyl halides is 3. The summed E-state index contributed by atoms with van der Waals surface area (Å²) in [5.41, 5.74) is 1.15. The Labute approximate surface area is 233 Å². The zero-order valence-electron chi connectivity index (χ0n) is 23.6. The van der Waals surface area contributed by atoms with Crippen LogP contribution in [0, 0.1) is 5.92 Å². The molecular formula is C29H39F3N4O4. The van der Waals surface area contributed by atoms with Crippen LogP contribution in [0.15, 0.2) is 42.5 Å². The SMILES string of the molecule is CC(C)NC(=O)Nc1ccc2c(c1)CC(=O)N([C@@H](C)CO)C[C@@H](C)[C@H](CN(C)Cc1ccc(C(F)(F)F)cc1)O2. The van der Waals surface area contributed by atoms with Crippen LogP contribution in [-0.2, 0) is 23.9 Å². The van der Waals surface area contributed by atoms with E-state index in [-0.39, 0.29) is 43.0 Å². The predicted octanol–water partition coefficient (Wildman–Crippen LogP) is 4.52. The molecule has 11 heteroatoms. The van der Waals surface area contributed by atoms with Crippen molar-refractivity contribution in [2.75, 3.05) is 32.1 Å². The maximum absolute atomic E-state index is 13.3. The number of hydrogen-bond acceptors (Lipinski definition) is 5. The van der Waals surface area contributed by atoms with Crippen molar-refractivity contribution in [2.45, 2.75) is 65.0 Å². The van der Waals surface area contributed by atoms with E-state index in [1.165, 1.54) is 12.1 Å². The van der Waals surface area contributed by atoms with E-state index in [4.69, 9.17) is 4.74 Å². The van der Waals surface area contributed by atoms with Gasteiger partial charge in [0, 0.05) is 42.8 Å². The summed E-state index contributed by atoms with van der Waals surface area (Å²) in [5.74, 6) is 0.218. The molecule has 1 aliphatic rings. The molecule has 0 radical (unpaired) electrons. The minimum atomic E-state index is -4.39. The molecule has 0 spiro atoms. The summed E-state index contributed by atoms with van der Waals surface area (Å²) in [6.45, 7) is 8.46. The Hall–Kier alpha value is -3.31. The number of aliphatic hydroxyl groups excluding tert-OH is 1. The van der Waals surface area contributed by atoms with Crippen LogP contribution in [0.4, 0.5) is 23.7 Å². The van der Waals surface area contributed by atoms with Crippen LogP contribution in [0.25, 0.3) is 0 Å². The van der Waals surface area contributed by atoms with Crippen LogP contribution in [0.5, 0.6) is 5.75 Å². The molecule has 3 rings (SSSR count). The van der Waals surface area contributed by atoms with Crippen molar-refractivity contribution in [3.8, 4) is 5.75 Å². The van der Waals surface area contributed by atoms with Crippen molar-refractivity contribution in [1.82, 2.24) is 15.1 Å². The molecule has 0 bridgehead atoms. The van der Waals surface area contributed by atoms with Gasteiger partial charge in [-0.1, -0.05) is 19.1 Å². The number of anilines is 1. The summed E-state index contributed by atoms with van der Waals surface area (Å²) < 4.78 is 45.3. The third-order valence-electron chi connectivity index (χ3n) is 6.82. The van der Waals surface area contributed by atoms with E-state index in [1.54, 1.807) is 30.0 Å². The predicted molar refractivity (Wildman–Crippen MR) is 147 cm³/mol. The zero-order valence-corrected chi connectivity index (χ0v) is 23.6. The lowest BCUT2D eigenvalue weighted by atomic mass is 10.0. The molecule has 40 heavy (non-hydrogen) atoms. The number of halogens is 3. The number of amides is 3. The Kier molecular flexibility index (Phi) is 10.4. The number of benzene rings is 2. The lowest BCUT2D eigenvalue weighted by molar-refractivity contribution is -0.137. The van der Waals surface area contributed by atoms with Crippen molar-refractivity contribution in [3.63, 3.8) is 0 Å². The summed E-state index contributed by atoms with van der Waals surface area (Å²) in [6.07, 6.45) is -4.73. The first kappa shape index (κ1) is 31.2. The third-order valence-corrected chi connectivity index (χ3v) is 6.82. The number of carbonyl (C=O) groups excluding carboxylic acids is 2. The molecule has 0 fully saturated rings. The maximum Gasteiger partial charge on any atom is 0.416 e. The van der Waals surface area contributed by atoms with Crippen molar-refractivity contribution in [3.05, 3.63) is 59.2 Å². The van der Waals surface area contributed by atoms with Crippen LogP contribution < -0.4 is 15.4 Å². The number of hydrogen-bond donors (Lipinski definition) is 3. The fourth-order valence-corrected chi connectivity index (χ4v) is 4.64. The van der Waals surface area contributed by atoms with E-state index in [2.05, 4.69) is 10.6 Å². The highest BCUT2D eigenvalue weighted by Crippen LogP contribution is 2.31. The lowest BCUT2D eigenvalue weighted by Crippen LogP contribution is -2.47. The summed E-state index contributed by atoms with van der Waals surface area (Å²) in [5, 5.41) is 15.4. The Morgan fingerprint density at radius 1 is 1.18 bits per heavy atom. The van der Waals surface area contributed by atoms with Gasteiger partial charge in [0.05, 0.1) is 24.6 Å². The molecule has 3 amide bonds. The number of likely N-dealkylation sites (N-methyl/N-ethyl adjacent to an activating group) is 1. The molecular weight excluding hydrogens is 525 g/mol. The van der Waals surface area contributed by atoms with Crippen LogP contribution >= 0.6 is 0 Å². The van der Waals surface area contributed by atoms with Crippen LogP contribution in [0.2, 0.25) is 0 Å². The van der Waals surface area contributed by atoms with Crippen LogP contribution in [0.3, 0.4) is 0 Å². The van der Waals surface area contributed by atoms with Crippen molar-refractivity contribution < 1.29 is 32.6 Å². The molecule has 1 heterocycles. The first-order valence-electron chi connectivity index (χ1n) is 13.4. The zero-order chi connectivity index (χ0) is 29.6. The summed E-state index contributed by atoms with van der Waals surface area (Å²) in [6, 6.07) is 9.43. The minimum absolute atomic E-state index is 0.0296. The van der Waals surface area contributed by atoms with Gasteiger partial charge in [0.15, 0.2) is 0 Å². The van der Waals surface area contributed by atoms with E-state index < -0.39 is 17.8 Å². The fourth-order valence-electron chi connectivity index (χ4n) is 4.64. The van der Waals surface area contributed by atoms with E-state index in [9.17, 15) is 27.9 Å². The normalized spacial score (nSPS) is 18.9. The van der Waals surface area contributed by atoms with Gasteiger partial charge in [-0.05, 0) is 63.7 Å². The lowest BCUT2D eigenvalue weighted by Gasteiger charge is -2.34. The van der Waals surface area contributed by atoms with Gasteiger partial charge < -0.3 is 25.4 Å². The molecule has 0 aromatic heterocycles. The number of rotatable bonds is 8. The van der Waals surface area contributed by atoms with Gasteiger partial charge in [0.2, 0.25) is 5.91 Å². The molecule has 0 unspecified atom stereocenters. The molecule has 3 atom stereocenters. The molecule has 1 aliphatic heterocycles. The average molecular weight is 565 g/mol. The Balaban J connectivity index is 1.85. The van der Waals surface area contributed by atoms with Gasteiger partial charge in [-0.25, -0.2) is 4.79 Å². The Morgan fingerprint density at radius 2 is 1.85 bits per heavy atom. The van der Waals surface area contributed by atoms with Gasteiger partial charge in [-0.15, -0.1) is 0 Å². The van der Waals surface area contributed by atoms with E-state index >= 15 is 0 Å². The van der Waals surface area contributed by atoms with Gasteiger partial charge >= 0.3 is 12.2 Å². The monoisotopic (exact) mass is 564 g/mol. The fraction of sp³-hybridized carbons (Fsp3) is 0.517. The third kappa shape index (κ3) is 8.59. The quantitative estimate of drug-likeness (QED) is 0.439. The first-order chi connectivity index (χ1) is 18.8. The number of ether oxygens (including phenoxy) is 1. The van der Waals surface area contributed by atoms with Crippen LogP contribution in [0.1, 0.15) is 44.4 Å². The molecule has 0 aliphatic carbocycles. The van der Waals surface area contributed by atoms with Gasteiger partial charge in [0.25, 0.3) is 0 Å². The van der Waals surface area contributed by atoms with Gasteiger partial charge in [-0.3, -0.25) is 9.69 Å². The highest BCUT2D eigenvalue weighted by molar-refractivity contribution is 5.90. The second kappa shape index (κ2) is 13.4. The van der Waals surface area contributed by atoms with E-state index in [0.29, 0.717) is 36.6 Å². The number of urea groups is 1. The number of fused-ring (bicyclic) bond motifs is 1. The van der Waals surface area contributed by atoms with Crippen LogP contribution in [-0.4, -0.2) is 71.8 Å². The minimum Gasteiger partial charge on any atom is -0.488 e. The van der Waals surface area contributed by atoms with Crippen molar-refractivity contribution >= 4 is 17.6 Å². The standard InChI is InChI=1S/C29H39F3N4O4/c1-18(2)33-28(39)34-24-10-11-25-22(12-24)13-27(38)36(20(4)17-37)14-19(3)26(40-25)16-35(5)15-21-6-8-23(9-7-21)29(30,31)32/h6-12,18-20,26,37H,13-17H2,1-5H3,(H2,33,34,39)/t19-,20+,26+/m1/s1. The summed E-state index contributed by atoms with van der Waals surface area (Å²) in [7, 11) is 1.86.